The molecule has 2 heterocycles. The van der Waals surface area contributed by atoms with Crippen LogP contribution in [0.25, 0.3) is 0 Å². The second kappa shape index (κ2) is 4.40. The SMILES string of the molecule is Cl.Nc1cnn(C2CCS(=O)(=O)CC2)c1. The van der Waals surface area contributed by atoms with E-state index in [-0.39, 0.29) is 30.0 Å². The highest BCUT2D eigenvalue weighted by Crippen LogP contribution is 2.23. The fraction of sp³-hybridized carbons (Fsp3) is 0.625. The molecule has 7 heteroatoms. The molecule has 0 amide bonds. The smallest absolute Gasteiger partial charge is 0.150 e. The zero-order valence-electron chi connectivity index (χ0n) is 8.17. The molecule has 0 atom stereocenters. The third-order valence-electron chi connectivity index (χ3n) is 2.52. The van der Waals surface area contributed by atoms with Gasteiger partial charge in [-0.1, -0.05) is 0 Å². The number of anilines is 1. The Morgan fingerprint density at radius 2 is 2.00 bits per heavy atom. The van der Waals surface area contributed by atoms with Crippen LogP contribution in [0.1, 0.15) is 18.9 Å². The minimum Gasteiger partial charge on any atom is -0.396 e. The molecule has 1 aromatic rings. The Balaban J connectivity index is 0.00000112. The molecule has 1 aromatic heterocycles. The number of aromatic nitrogens is 2. The molecule has 0 saturated carbocycles. The van der Waals surface area contributed by atoms with Gasteiger partial charge >= 0.3 is 0 Å². The van der Waals surface area contributed by atoms with Gasteiger partial charge in [0.1, 0.15) is 9.84 Å². The van der Waals surface area contributed by atoms with Gasteiger partial charge in [-0.15, -0.1) is 12.4 Å². The average molecular weight is 252 g/mol. The van der Waals surface area contributed by atoms with E-state index in [4.69, 9.17) is 5.73 Å². The predicted octanol–water partition coefficient (Wildman–Crippen LogP) is 0.637. The molecule has 0 spiro atoms. The van der Waals surface area contributed by atoms with Gasteiger partial charge in [0.15, 0.2) is 0 Å². The van der Waals surface area contributed by atoms with Crippen molar-refractivity contribution in [3.63, 3.8) is 0 Å². The number of halogens is 1. The van der Waals surface area contributed by atoms with Crippen molar-refractivity contribution in [1.29, 1.82) is 0 Å². The first kappa shape index (κ1) is 12.3. The van der Waals surface area contributed by atoms with Gasteiger partial charge in [-0.3, -0.25) is 4.68 Å². The quantitative estimate of drug-likeness (QED) is 0.795. The fourth-order valence-corrected chi connectivity index (χ4v) is 3.16. The summed E-state index contributed by atoms with van der Waals surface area (Å²) in [6.45, 7) is 0. The summed E-state index contributed by atoms with van der Waals surface area (Å²) in [4.78, 5) is 0. The van der Waals surface area contributed by atoms with E-state index in [0.717, 1.165) is 0 Å². The van der Waals surface area contributed by atoms with Crippen LogP contribution in [-0.4, -0.2) is 29.7 Å². The molecule has 1 aliphatic heterocycles. The molecule has 15 heavy (non-hydrogen) atoms. The summed E-state index contributed by atoms with van der Waals surface area (Å²) in [5, 5.41) is 4.08. The summed E-state index contributed by atoms with van der Waals surface area (Å²) in [7, 11) is -2.79. The van der Waals surface area contributed by atoms with E-state index in [1.807, 2.05) is 0 Å². The fourth-order valence-electron chi connectivity index (χ4n) is 1.69. The molecule has 0 aliphatic carbocycles. The van der Waals surface area contributed by atoms with Crippen LogP contribution in [0.5, 0.6) is 0 Å². The molecule has 2 N–H and O–H groups in total. The molecule has 1 fully saturated rings. The number of hydrogen-bond acceptors (Lipinski definition) is 4. The van der Waals surface area contributed by atoms with Crippen molar-refractivity contribution in [2.45, 2.75) is 18.9 Å². The summed E-state index contributed by atoms with van der Waals surface area (Å²) in [6.07, 6.45) is 4.62. The first-order valence-electron chi connectivity index (χ1n) is 4.57. The topological polar surface area (TPSA) is 78.0 Å². The number of rotatable bonds is 1. The second-order valence-electron chi connectivity index (χ2n) is 3.64. The lowest BCUT2D eigenvalue weighted by Gasteiger charge is -2.21. The standard InChI is InChI=1S/C8H13N3O2S.ClH/c9-7-5-10-11(6-7)8-1-3-14(12,13)4-2-8;/h5-6,8H,1-4,9H2;1H. The first-order valence-corrected chi connectivity index (χ1v) is 6.39. The van der Waals surface area contributed by atoms with Crippen molar-refractivity contribution in [2.75, 3.05) is 17.2 Å². The highest BCUT2D eigenvalue weighted by molar-refractivity contribution is 7.91. The van der Waals surface area contributed by atoms with Crippen molar-refractivity contribution >= 4 is 27.9 Å². The summed E-state index contributed by atoms with van der Waals surface area (Å²) < 4.78 is 24.1. The number of nitrogens with zero attached hydrogens (tertiary/aromatic N) is 2. The van der Waals surface area contributed by atoms with Crippen LogP contribution in [0.2, 0.25) is 0 Å². The second-order valence-corrected chi connectivity index (χ2v) is 5.94. The van der Waals surface area contributed by atoms with Gasteiger partial charge in [0.05, 0.1) is 29.4 Å². The van der Waals surface area contributed by atoms with Gasteiger partial charge in [-0.2, -0.15) is 5.10 Å². The van der Waals surface area contributed by atoms with Crippen molar-refractivity contribution in [1.82, 2.24) is 9.78 Å². The number of nitrogen functional groups attached to an aromatic ring is 1. The van der Waals surface area contributed by atoms with Gasteiger partial charge in [-0.05, 0) is 12.8 Å². The van der Waals surface area contributed by atoms with Crippen LogP contribution >= 0.6 is 12.4 Å². The molecule has 1 saturated heterocycles. The molecule has 0 bridgehead atoms. The highest BCUT2D eigenvalue weighted by Gasteiger charge is 2.24. The summed E-state index contributed by atoms with van der Waals surface area (Å²) in [5.74, 6) is 0.523. The van der Waals surface area contributed by atoms with E-state index in [1.165, 1.54) is 0 Å². The van der Waals surface area contributed by atoms with Crippen molar-refractivity contribution < 1.29 is 8.42 Å². The van der Waals surface area contributed by atoms with Crippen LogP contribution in [0.3, 0.4) is 0 Å². The number of sulfone groups is 1. The van der Waals surface area contributed by atoms with E-state index >= 15 is 0 Å². The molecular weight excluding hydrogens is 238 g/mol. The maximum Gasteiger partial charge on any atom is 0.150 e. The zero-order valence-corrected chi connectivity index (χ0v) is 9.80. The lowest BCUT2D eigenvalue weighted by Crippen LogP contribution is -2.25. The Morgan fingerprint density at radius 1 is 1.40 bits per heavy atom. The van der Waals surface area contributed by atoms with Gasteiger partial charge in [0.2, 0.25) is 0 Å². The maximum atomic E-state index is 11.2. The molecule has 0 radical (unpaired) electrons. The Hall–Kier alpha value is -0.750. The van der Waals surface area contributed by atoms with Gasteiger partial charge in [0, 0.05) is 6.20 Å². The van der Waals surface area contributed by atoms with E-state index in [0.29, 0.717) is 18.5 Å². The van der Waals surface area contributed by atoms with Gasteiger partial charge in [-0.25, -0.2) is 8.42 Å². The third-order valence-corrected chi connectivity index (χ3v) is 4.24. The van der Waals surface area contributed by atoms with Crippen LogP contribution in [0.4, 0.5) is 5.69 Å². The number of hydrogen-bond donors (Lipinski definition) is 1. The molecule has 1 aliphatic rings. The number of nitrogens with two attached hydrogens (primary N) is 1. The lowest BCUT2D eigenvalue weighted by atomic mass is 10.2. The zero-order chi connectivity index (χ0) is 10.2. The first-order chi connectivity index (χ1) is 6.57. The minimum atomic E-state index is -2.79. The third kappa shape index (κ3) is 2.85. The Morgan fingerprint density at radius 3 is 2.47 bits per heavy atom. The summed E-state index contributed by atoms with van der Waals surface area (Å²) in [5.41, 5.74) is 6.16. The normalized spacial score (nSPS) is 20.8. The summed E-state index contributed by atoms with van der Waals surface area (Å²) >= 11 is 0. The molecule has 2 rings (SSSR count). The minimum absolute atomic E-state index is 0. The monoisotopic (exact) mass is 251 g/mol. The van der Waals surface area contributed by atoms with Crippen molar-refractivity contribution in [2.24, 2.45) is 0 Å². The van der Waals surface area contributed by atoms with E-state index in [1.54, 1.807) is 17.1 Å². The molecule has 5 nitrogen and oxygen atoms in total. The van der Waals surface area contributed by atoms with E-state index in [2.05, 4.69) is 5.10 Å². The Bertz CT molecular complexity index is 415. The van der Waals surface area contributed by atoms with E-state index in [9.17, 15) is 8.42 Å². The predicted molar refractivity (Wildman–Crippen MR) is 60.8 cm³/mol. The average Bonchev–Trinajstić information content (AvgIpc) is 2.52. The van der Waals surface area contributed by atoms with Crippen molar-refractivity contribution in [3.8, 4) is 0 Å². The molecular formula is C8H14ClN3O2S. The largest absolute Gasteiger partial charge is 0.396 e. The van der Waals surface area contributed by atoms with Crippen LogP contribution in [-0.2, 0) is 9.84 Å². The van der Waals surface area contributed by atoms with Crippen LogP contribution < -0.4 is 5.73 Å². The van der Waals surface area contributed by atoms with E-state index < -0.39 is 9.84 Å². The Labute approximate surface area is 95.0 Å². The highest BCUT2D eigenvalue weighted by atomic mass is 35.5. The molecule has 0 unspecified atom stereocenters. The van der Waals surface area contributed by atoms with Crippen LogP contribution in [0.15, 0.2) is 12.4 Å². The lowest BCUT2D eigenvalue weighted by molar-refractivity contribution is 0.413. The molecule has 0 aromatic carbocycles. The Kier molecular flexibility index (Phi) is 3.62. The van der Waals surface area contributed by atoms with Crippen molar-refractivity contribution in [3.05, 3.63) is 12.4 Å². The van der Waals surface area contributed by atoms with Gasteiger partial charge in [0.25, 0.3) is 0 Å². The summed E-state index contributed by atoms with van der Waals surface area (Å²) in [6, 6.07) is 0.191. The maximum absolute atomic E-state index is 11.2. The molecule has 86 valence electrons. The van der Waals surface area contributed by atoms with Gasteiger partial charge < -0.3 is 5.73 Å². The van der Waals surface area contributed by atoms with Crippen LogP contribution in [0, 0.1) is 0 Å².